The topological polar surface area (TPSA) is 67.6 Å². The van der Waals surface area contributed by atoms with E-state index >= 15 is 0 Å². The predicted octanol–water partition coefficient (Wildman–Crippen LogP) is -0.637. The number of quaternary nitrogens is 2. The molecule has 0 amide bonds. The van der Waals surface area contributed by atoms with Crippen LogP contribution in [0.25, 0.3) is 0 Å². The standard InChI is InChI=1S/C18H30N2O3/c1-14(21)15-7-6-8-17(9-15)23-11-16(22)10-19-12-18(2,3)13-20(4)5/h6-9,16,19,22H,10-13H2,1-5H3/p+2/t16-/m0/s1. The molecular formula is C18H32N2O3+2. The number of aliphatic hydroxyl groups excluding tert-OH is 1. The largest absolute Gasteiger partial charge is 0.491 e. The molecule has 1 aromatic carbocycles. The molecule has 130 valence electrons. The molecule has 0 bridgehead atoms. The Balaban J connectivity index is 2.33. The molecule has 0 aromatic heterocycles. The number of carbonyl (C=O) groups is 1. The number of nitrogens with one attached hydrogen (secondary N) is 1. The summed E-state index contributed by atoms with van der Waals surface area (Å²) in [6.07, 6.45) is -0.529. The highest BCUT2D eigenvalue weighted by atomic mass is 16.5. The molecule has 0 aliphatic carbocycles. The molecule has 5 heteroatoms. The van der Waals surface area contributed by atoms with Gasteiger partial charge in [-0.05, 0) is 32.9 Å². The van der Waals surface area contributed by atoms with Crippen LogP contribution in [-0.4, -0.2) is 57.3 Å². The van der Waals surface area contributed by atoms with Crippen molar-refractivity contribution in [3.63, 3.8) is 0 Å². The van der Waals surface area contributed by atoms with Crippen molar-refractivity contribution in [2.75, 3.05) is 40.3 Å². The molecule has 0 unspecified atom stereocenters. The number of rotatable bonds is 10. The van der Waals surface area contributed by atoms with E-state index in [1.807, 2.05) is 0 Å². The van der Waals surface area contributed by atoms with Gasteiger partial charge in [-0.25, -0.2) is 0 Å². The Morgan fingerprint density at radius 3 is 2.70 bits per heavy atom. The Morgan fingerprint density at radius 2 is 2.09 bits per heavy atom. The molecule has 0 heterocycles. The fourth-order valence-corrected chi connectivity index (χ4v) is 2.76. The van der Waals surface area contributed by atoms with E-state index in [1.54, 1.807) is 24.3 Å². The van der Waals surface area contributed by atoms with Crippen molar-refractivity contribution in [1.82, 2.24) is 0 Å². The minimum Gasteiger partial charge on any atom is -0.491 e. The van der Waals surface area contributed by atoms with Gasteiger partial charge in [0.25, 0.3) is 0 Å². The summed E-state index contributed by atoms with van der Waals surface area (Å²) in [6, 6.07) is 7.05. The number of hydrogen-bond acceptors (Lipinski definition) is 3. The number of ketones is 1. The first-order valence-corrected chi connectivity index (χ1v) is 8.22. The molecule has 5 nitrogen and oxygen atoms in total. The number of benzene rings is 1. The number of hydrogen-bond donors (Lipinski definition) is 3. The Hall–Kier alpha value is -1.43. The average molecular weight is 324 g/mol. The van der Waals surface area contributed by atoms with Crippen molar-refractivity contribution in [2.24, 2.45) is 5.41 Å². The van der Waals surface area contributed by atoms with Gasteiger partial charge in [0.2, 0.25) is 0 Å². The van der Waals surface area contributed by atoms with Gasteiger partial charge < -0.3 is 20.1 Å². The summed E-state index contributed by atoms with van der Waals surface area (Å²) in [5.74, 6) is 0.628. The van der Waals surface area contributed by atoms with Crippen molar-refractivity contribution >= 4 is 5.78 Å². The lowest BCUT2D eigenvalue weighted by molar-refractivity contribution is -0.868. The molecule has 0 spiro atoms. The molecular weight excluding hydrogens is 292 g/mol. The van der Waals surface area contributed by atoms with Gasteiger partial charge in [0, 0.05) is 5.56 Å². The van der Waals surface area contributed by atoms with Gasteiger partial charge in [0.15, 0.2) is 5.78 Å². The molecule has 1 rings (SSSR count). The molecule has 0 fully saturated rings. The summed E-state index contributed by atoms with van der Waals surface area (Å²) in [6.45, 7) is 8.91. The Bertz CT molecular complexity index is 501. The normalized spacial score (nSPS) is 13.2. The van der Waals surface area contributed by atoms with Crippen LogP contribution in [0.1, 0.15) is 31.1 Å². The number of aliphatic hydroxyl groups is 1. The Labute approximate surface area is 139 Å². The highest BCUT2D eigenvalue weighted by Gasteiger charge is 2.24. The number of carbonyl (C=O) groups excluding carboxylic acids is 1. The van der Waals surface area contributed by atoms with Gasteiger partial charge in [-0.15, -0.1) is 0 Å². The van der Waals surface area contributed by atoms with E-state index in [0.717, 1.165) is 13.1 Å². The van der Waals surface area contributed by atoms with Crippen LogP contribution in [0.4, 0.5) is 0 Å². The Kier molecular flexibility index (Phi) is 7.68. The minimum atomic E-state index is -0.529. The van der Waals surface area contributed by atoms with Crippen LogP contribution in [-0.2, 0) is 0 Å². The maximum Gasteiger partial charge on any atom is 0.159 e. The average Bonchev–Trinajstić information content (AvgIpc) is 2.43. The predicted molar refractivity (Wildman–Crippen MR) is 91.1 cm³/mol. The van der Waals surface area contributed by atoms with E-state index in [2.05, 4.69) is 33.3 Å². The van der Waals surface area contributed by atoms with Crippen LogP contribution in [0.2, 0.25) is 0 Å². The SMILES string of the molecule is CC(=O)c1cccc(OC[C@@H](O)C[NH2+]CC(C)(C)C[NH+](C)C)c1. The van der Waals surface area contributed by atoms with E-state index in [4.69, 9.17) is 4.74 Å². The first kappa shape index (κ1) is 19.6. The van der Waals surface area contributed by atoms with E-state index in [-0.39, 0.29) is 17.8 Å². The molecule has 1 atom stereocenters. The van der Waals surface area contributed by atoms with Crippen molar-refractivity contribution in [1.29, 1.82) is 0 Å². The molecule has 0 aliphatic heterocycles. The maximum absolute atomic E-state index is 11.3. The maximum atomic E-state index is 11.3. The third-order valence-electron chi connectivity index (χ3n) is 3.65. The Morgan fingerprint density at radius 1 is 1.39 bits per heavy atom. The first-order chi connectivity index (χ1) is 10.7. The summed E-state index contributed by atoms with van der Waals surface area (Å²) in [5, 5.41) is 12.2. The number of ether oxygens (including phenoxy) is 1. The van der Waals surface area contributed by atoms with Crippen molar-refractivity contribution in [3.8, 4) is 5.75 Å². The zero-order valence-electron chi connectivity index (χ0n) is 15.1. The number of nitrogens with two attached hydrogens (primary N) is 1. The van der Waals surface area contributed by atoms with Crippen LogP contribution in [0.15, 0.2) is 24.3 Å². The van der Waals surface area contributed by atoms with Crippen molar-refractivity contribution in [2.45, 2.75) is 26.9 Å². The molecule has 23 heavy (non-hydrogen) atoms. The van der Waals surface area contributed by atoms with Crippen LogP contribution in [0.5, 0.6) is 5.75 Å². The molecule has 0 saturated heterocycles. The second-order valence-electron chi connectivity index (χ2n) is 7.33. The van der Waals surface area contributed by atoms with Gasteiger partial charge in [-0.2, -0.15) is 0 Å². The van der Waals surface area contributed by atoms with Crippen LogP contribution < -0.4 is 15.0 Å². The summed E-state index contributed by atoms with van der Waals surface area (Å²) in [7, 11) is 4.30. The quantitative estimate of drug-likeness (QED) is 0.502. The second-order valence-corrected chi connectivity index (χ2v) is 7.33. The van der Waals surface area contributed by atoms with Crippen molar-refractivity contribution in [3.05, 3.63) is 29.8 Å². The van der Waals surface area contributed by atoms with Gasteiger partial charge >= 0.3 is 0 Å². The molecule has 0 saturated carbocycles. The smallest absolute Gasteiger partial charge is 0.159 e. The van der Waals surface area contributed by atoms with E-state index < -0.39 is 6.10 Å². The molecule has 0 radical (unpaired) electrons. The zero-order valence-corrected chi connectivity index (χ0v) is 15.1. The zero-order chi connectivity index (χ0) is 17.5. The van der Waals surface area contributed by atoms with Gasteiger partial charge in [0.1, 0.15) is 25.0 Å². The fourth-order valence-electron chi connectivity index (χ4n) is 2.76. The van der Waals surface area contributed by atoms with E-state index in [1.165, 1.54) is 11.8 Å². The highest BCUT2D eigenvalue weighted by Crippen LogP contribution is 2.14. The summed E-state index contributed by atoms with van der Waals surface area (Å²) >= 11 is 0. The van der Waals surface area contributed by atoms with E-state index in [9.17, 15) is 9.90 Å². The molecule has 0 aliphatic rings. The summed E-state index contributed by atoms with van der Waals surface area (Å²) in [5.41, 5.74) is 0.853. The monoisotopic (exact) mass is 324 g/mol. The lowest BCUT2D eigenvalue weighted by Gasteiger charge is -2.24. The fraction of sp³-hybridized carbons (Fsp3) is 0.611. The van der Waals surface area contributed by atoms with Crippen molar-refractivity contribution < 1.29 is 24.9 Å². The number of Topliss-reactive ketones (excluding diaryl/α,β-unsaturated/α-hetero) is 1. The lowest BCUT2D eigenvalue weighted by Crippen LogP contribution is -3.08. The van der Waals surface area contributed by atoms with Crippen LogP contribution in [0.3, 0.4) is 0 Å². The molecule has 4 N–H and O–H groups in total. The summed E-state index contributed by atoms with van der Waals surface area (Å²) < 4.78 is 5.58. The molecule has 1 aromatic rings. The minimum absolute atomic E-state index is 0.00888. The lowest BCUT2D eigenvalue weighted by atomic mass is 9.93. The van der Waals surface area contributed by atoms with Crippen LogP contribution in [0, 0.1) is 5.41 Å². The van der Waals surface area contributed by atoms with Crippen LogP contribution >= 0.6 is 0 Å². The van der Waals surface area contributed by atoms with Gasteiger partial charge in [-0.1, -0.05) is 12.1 Å². The van der Waals surface area contributed by atoms with Gasteiger partial charge in [0.05, 0.1) is 32.6 Å². The third kappa shape index (κ3) is 8.11. The highest BCUT2D eigenvalue weighted by molar-refractivity contribution is 5.94. The first-order valence-electron chi connectivity index (χ1n) is 8.22. The van der Waals surface area contributed by atoms with E-state index in [0.29, 0.717) is 17.9 Å². The second kappa shape index (κ2) is 9.01. The van der Waals surface area contributed by atoms with Gasteiger partial charge in [-0.3, -0.25) is 4.79 Å². The summed E-state index contributed by atoms with van der Waals surface area (Å²) in [4.78, 5) is 12.8. The third-order valence-corrected chi connectivity index (χ3v) is 3.65.